The zero-order valence-corrected chi connectivity index (χ0v) is 13.4. The Morgan fingerprint density at radius 3 is 2.33 bits per heavy atom. The Morgan fingerprint density at radius 1 is 1.05 bits per heavy atom. The van der Waals surface area contributed by atoms with Crippen LogP contribution in [0.5, 0.6) is 0 Å². The van der Waals surface area contributed by atoms with Crippen LogP contribution in [0.4, 0.5) is 0 Å². The molecule has 108 valence electrons. The Morgan fingerprint density at radius 2 is 1.71 bits per heavy atom. The van der Waals surface area contributed by atoms with E-state index in [2.05, 4.69) is 45.5 Å². The van der Waals surface area contributed by atoms with E-state index in [1.165, 1.54) is 5.56 Å². The number of carbonyl (C=O) groups excluding carboxylic acids is 1. The first-order valence-electron chi connectivity index (χ1n) is 7.29. The number of benzene rings is 2. The van der Waals surface area contributed by atoms with Crippen molar-refractivity contribution < 1.29 is 4.79 Å². The molecule has 0 amide bonds. The Balaban J connectivity index is 1.56. The van der Waals surface area contributed by atoms with Gasteiger partial charge in [-0.2, -0.15) is 0 Å². The van der Waals surface area contributed by atoms with E-state index in [4.69, 9.17) is 0 Å². The summed E-state index contributed by atoms with van der Waals surface area (Å²) in [6, 6.07) is 18.0. The van der Waals surface area contributed by atoms with Gasteiger partial charge in [-0.05, 0) is 30.5 Å². The van der Waals surface area contributed by atoms with Gasteiger partial charge >= 0.3 is 0 Å². The summed E-state index contributed by atoms with van der Waals surface area (Å²) >= 11 is 3.47. The molecule has 2 aromatic carbocycles. The average molecular weight is 344 g/mol. The van der Waals surface area contributed by atoms with Crippen LogP contribution in [0, 0.1) is 0 Å². The first kappa shape index (κ1) is 14.5. The van der Waals surface area contributed by atoms with Gasteiger partial charge < -0.3 is 5.32 Å². The molecule has 3 rings (SSSR count). The Bertz CT molecular complexity index is 617. The number of halogens is 1. The third-order valence-corrected chi connectivity index (χ3v) is 4.59. The maximum atomic E-state index is 12.1. The molecule has 21 heavy (non-hydrogen) atoms. The fourth-order valence-electron chi connectivity index (χ4n) is 2.65. The molecule has 2 aromatic rings. The van der Waals surface area contributed by atoms with Gasteiger partial charge in [0.05, 0.1) is 0 Å². The van der Waals surface area contributed by atoms with Gasteiger partial charge in [-0.3, -0.25) is 4.79 Å². The van der Waals surface area contributed by atoms with Crippen LogP contribution in [0.3, 0.4) is 0 Å². The highest BCUT2D eigenvalue weighted by molar-refractivity contribution is 9.10. The number of hydrogen-bond donors (Lipinski definition) is 1. The fourth-order valence-corrected chi connectivity index (χ4v) is 2.91. The number of carbonyl (C=O) groups is 1. The standard InChI is InChI=1S/C18H18BrNO/c19-16-8-6-15(7-9-16)18(11-12-18)20-13-10-17(21)14-4-2-1-3-5-14/h1-9,20H,10-13H2. The van der Waals surface area contributed by atoms with E-state index in [-0.39, 0.29) is 11.3 Å². The number of Topliss-reactive ketones (excluding diaryl/α,β-unsaturated/α-hetero) is 1. The van der Waals surface area contributed by atoms with Crippen LogP contribution < -0.4 is 5.32 Å². The maximum Gasteiger partial charge on any atom is 0.164 e. The van der Waals surface area contributed by atoms with Gasteiger partial charge in [0.2, 0.25) is 0 Å². The largest absolute Gasteiger partial charge is 0.307 e. The Kier molecular flexibility index (Phi) is 4.22. The molecular formula is C18H18BrNO. The van der Waals surface area contributed by atoms with Crippen molar-refractivity contribution in [3.05, 3.63) is 70.2 Å². The van der Waals surface area contributed by atoms with E-state index in [9.17, 15) is 4.79 Å². The summed E-state index contributed by atoms with van der Waals surface area (Å²) in [7, 11) is 0. The lowest BCUT2D eigenvalue weighted by atomic mass is 10.0. The molecule has 0 aromatic heterocycles. The molecule has 0 radical (unpaired) electrons. The van der Waals surface area contributed by atoms with Gasteiger partial charge in [-0.1, -0.05) is 58.4 Å². The molecule has 2 nitrogen and oxygen atoms in total. The number of rotatable bonds is 6. The molecule has 0 unspecified atom stereocenters. The first-order valence-corrected chi connectivity index (χ1v) is 8.08. The van der Waals surface area contributed by atoms with E-state index in [1.807, 2.05) is 30.3 Å². The van der Waals surface area contributed by atoms with Crippen molar-refractivity contribution in [2.75, 3.05) is 6.54 Å². The minimum Gasteiger partial charge on any atom is -0.307 e. The van der Waals surface area contributed by atoms with Gasteiger partial charge in [0.25, 0.3) is 0 Å². The Hall–Kier alpha value is -1.45. The molecule has 1 fully saturated rings. The highest BCUT2D eigenvalue weighted by atomic mass is 79.9. The molecule has 0 aliphatic heterocycles. The van der Waals surface area contributed by atoms with Crippen molar-refractivity contribution in [3.63, 3.8) is 0 Å². The summed E-state index contributed by atoms with van der Waals surface area (Å²) in [6.07, 6.45) is 2.84. The topological polar surface area (TPSA) is 29.1 Å². The third kappa shape index (κ3) is 3.42. The zero-order valence-electron chi connectivity index (χ0n) is 11.8. The van der Waals surface area contributed by atoms with Crippen molar-refractivity contribution in [1.29, 1.82) is 0 Å². The monoisotopic (exact) mass is 343 g/mol. The molecule has 0 atom stereocenters. The highest BCUT2D eigenvalue weighted by Gasteiger charge is 2.43. The minimum absolute atomic E-state index is 0.0949. The van der Waals surface area contributed by atoms with Gasteiger partial charge in [-0.25, -0.2) is 0 Å². The van der Waals surface area contributed by atoms with Crippen LogP contribution in [0.1, 0.15) is 35.2 Å². The van der Waals surface area contributed by atoms with Crippen LogP contribution in [0.15, 0.2) is 59.1 Å². The van der Waals surface area contributed by atoms with Crippen LogP contribution in [0.2, 0.25) is 0 Å². The molecule has 0 spiro atoms. The van der Waals surface area contributed by atoms with Gasteiger partial charge in [0.15, 0.2) is 5.78 Å². The second-order valence-corrected chi connectivity index (χ2v) is 6.47. The smallest absolute Gasteiger partial charge is 0.164 e. The molecule has 1 aliphatic carbocycles. The summed E-state index contributed by atoms with van der Waals surface area (Å²) in [6.45, 7) is 0.726. The summed E-state index contributed by atoms with van der Waals surface area (Å²) in [5.74, 6) is 0.203. The van der Waals surface area contributed by atoms with Gasteiger partial charge in [0, 0.05) is 28.5 Å². The number of nitrogens with one attached hydrogen (secondary N) is 1. The lowest BCUT2D eigenvalue weighted by Crippen LogP contribution is -2.30. The van der Waals surface area contributed by atoms with Crippen molar-refractivity contribution in [1.82, 2.24) is 5.32 Å². The van der Waals surface area contributed by atoms with E-state index in [1.54, 1.807) is 0 Å². The van der Waals surface area contributed by atoms with Crippen molar-refractivity contribution in [3.8, 4) is 0 Å². The van der Waals surface area contributed by atoms with E-state index in [0.29, 0.717) is 6.42 Å². The number of ketones is 1. The van der Waals surface area contributed by atoms with Crippen molar-refractivity contribution in [2.24, 2.45) is 0 Å². The molecular weight excluding hydrogens is 326 g/mol. The lowest BCUT2D eigenvalue weighted by Gasteiger charge is -2.18. The second kappa shape index (κ2) is 6.12. The quantitative estimate of drug-likeness (QED) is 0.792. The van der Waals surface area contributed by atoms with Crippen LogP contribution in [0.25, 0.3) is 0 Å². The Labute approximate surface area is 133 Å². The summed E-state index contributed by atoms with van der Waals surface area (Å²) < 4.78 is 1.10. The molecule has 0 saturated heterocycles. The highest BCUT2D eigenvalue weighted by Crippen LogP contribution is 2.45. The predicted molar refractivity (Wildman–Crippen MR) is 88.4 cm³/mol. The second-order valence-electron chi connectivity index (χ2n) is 5.55. The minimum atomic E-state index is 0.0949. The van der Waals surface area contributed by atoms with Crippen LogP contribution in [-0.4, -0.2) is 12.3 Å². The molecule has 1 aliphatic rings. The molecule has 1 saturated carbocycles. The van der Waals surface area contributed by atoms with E-state index >= 15 is 0 Å². The van der Waals surface area contributed by atoms with Crippen LogP contribution in [-0.2, 0) is 5.54 Å². The number of hydrogen-bond acceptors (Lipinski definition) is 2. The van der Waals surface area contributed by atoms with Crippen molar-refractivity contribution in [2.45, 2.75) is 24.8 Å². The van der Waals surface area contributed by atoms with E-state index < -0.39 is 0 Å². The summed E-state index contributed by atoms with van der Waals surface area (Å²) in [5, 5.41) is 3.57. The summed E-state index contributed by atoms with van der Waals surface area (Å²) in [4.78, 5) is 12.1. The van der Waals surface area contributed by atoms with Gasteiger partial charge in [-0.15, -0.1) is 0 Å². The third-order valence-electron chi connectivity index (χ3n) is 4.06. The predicted octanol–water partition coefficient (Wildman–Crippen LogP) is 4.30. The van der Waals surface area contributed by atoms with Crippen molar-refractivity contribution >= 4 is 21.7 Å². The molecule has 0 heterocycles. The SMILES string of the molecule is O=C(CCNC1(c2ccc(Br)cc2)CC1)c1ccccc1. The van der Waals surface area contributed by atoms with Crippen LogP contribution >= 0.6 is 15.9 Å². The fraction of sp³-hybridized carbons (Fsp3) is 0.278. The average Bonchev–Trinajstić information content (AvgIpc) is 3.30. The van der Waals surface area contributed by atoms with Gasteiger partial charge in [0.1, 0.15) is 0 Å². The maximum absolute atomic E-state index is 12.1. The molecule has 3 heteroatoms. The lowest BCUT2D eigenvalue weighted by molar-refractivity contribution is 0.0981. The van der Waals surface area contributed by atoms with E-state index in [0.717, 1.165) is 29.4 Å². The zero-order chi connectivity index (χ0) is 14.7. The summed E-state index contributed by atoms with van der Waals surface area (Å²) in [5.41, 5.74) is 2.21. The normalized spacial score (nSPS) is 15.7. The molecule has 1 N–H and O–H groups in total. The first-order chi connectivity index (χ1) is 10.2. The molecule has 0 bridgehead atoms.